The average Bonchev–Trinajstić information content (AvgIpc) is 3.09. The minimum atomic E-state index is 0.815. The summed E-state index contributed by atoms with van der Waals surface area (Å²) in [4.78, 5) is 2.65. The van der Waals surface area contributed by atoms with Crippen LogP contribution in [0.2, 0.25) is 0 Å². The maximum Gasteiger partial charge on any atom is 0.203 e. The van der Waals surface area contributed by atoms with Crippen LogP contribution in [0, 0.1) is 4.77 Å². The summed E-state index contributed by atoms with van der Waals surface area (Å²) in [6.07, 6.45) is 0. The molecule has 20 heavy (non-hydrogen) atoms. The van der Waals surface area contributed by atoms with E-state index in [0.29, 0.717) is 0 Å². The van der Waals surface area contributed by atoms with Crippen molar-refractivity contribution in [1.82, 2.24) is 14.3 Å². The first-order chi connectivity index (χ1) is 9.79. The summed E-state index contributed by atoms with van der Waals surface area (Å²) >= 11 is 7.28. The Balaban J connectivity index is 1.90. The molecular weight excluding hydrogens is 292 g/mol. The molecule has 5 nitrogen and oxygen atoms in total. The van der Waals surface area contributed by atoms with Gasteiger partial charge >= 0.3 is 0 Å². The fourth-order valence-electron chi connectivity index (χ4n) is 2.45. The van der Waals surface area contributed by atoms with E-state index >= 15 is 0 Å². The highest BCUT2D eigenvalue weighted by Gasteiger charge is 2.18. The third-order valence-corrected chi connectivity index (χ3v) is 4.85. The van der Waals surface area contributed by atoms with Crippen molar-refractivity contribution in [3.05, 3.63) is 22.3 Å². The van der Waals surface area contributed by atoms with Crippen LogP contribution in [0.25, 0.3) is 10.7 Å². The van der Waals surface area contributed by atoms with Crippen molar-refractivity contribution in [2.24, 2.45) is 0 Å². The largest absolute Gasteiger partial charge is 0.370 e. The molecule has 0 bridgehead atoms. The number of rotatable bonds is 4. The zero-order valence-electron chi connectivity index (χ0n) is 11.5. The Hall–Kier alpha value is -1.02. The molecule has 1 aliphatic heterocycles. The molecule has 0 unspecified atom stereocenters. The summed E-state index contributed by atoms with van der Waals surface area (Å²) < 4.78 is 10.3. The van der Waals surface area contributed by atoms with Gasteiger partial charge in [0.25, 0.3) is 0 Å². The predicted octanol–water partition coefficient (Wildman–Crippen LogP) is 1.04. The number of morpholine rings is 1. The van der Waals surface area contributed by atoms with Gasteiger partial charge in [-0.1, -0.05) is 6.07 Å². The zero-order chi connectivity index (χ0) is 13.9. The number of hydrogen-bond acceptors (Lipinski definition) is 4. The third-order valence-electron chi connectivity index (χ3n) is 3.55. The van der Waals surface area contributed by atoms with E-state index in [4.69, 9.17) is 22.1 Å². The van der Waals surface area contributed by atoms with Gasteiger partial charge in [0.05, 0.1) is 18.1 Å². The van der Waals surface area contributed by atoms with Gasteiger partial charge in [-0.25, -0.2) is 0 Å². The van der Waals surface area contributed by atoms with E-state index in [1.807, 2.05) is 4.68 Å². The Bertz CT molecular complexity index is 611. The molecule has 0 saturated carbocycles. The summed E-state index contributed by atoms with van der Waals surface area (Å²) in [6, 6.07) is 4.15. The Morgan fingerprint density at radius 3 is 2.90 bits per heavy atom. The van der Waals surface area contributed by atoms with Gasteiger partial charge in [0, 0.05) is 6.54 Å². The lowest BCUT2D eigenvalue weighted by Crippen LogP contribution is -3.13. The summed E-state index contributed by atoms with van der Waals surface area (Å²) in [5.41, 5.74) is 0. The highest BCUT2D eigenvalue weighted by Crippen LogP contribution is 2.23. The summed E-state index contributed by atoms with van der Waals surface area (Å²) in [6.45, 7) is 7.49. The van der Waals surface area contributed by atoms with Gasteiger partial charge in [0.1, 0.15) is 13.1 Å². The van der Waals surface area contributed by atoms with E-state index in [2.05, 4.69) is 29.0 Å². The number of ether oxygens (including phenoxy) is 1. The van der Waals surface area contributed by atoms with Crippen molar-refractivity contribution < 1.29 is 9.64 Å². The minimum Gasteiger partial charge on any atom is -0.370 e. The van der Waals surface area contributed by atoms with Gasteiger partial charge in [0.15, 0.2) is 12.5 Å². The first kappa shape index (κ1) is 13.9. The third kappa shape index (κ3) is 2.71. The number of nitrogens with one attached hydrogen (secondary N) is 1. The first-order valence-electron chi connectivity index (χ1n) is 6.92. The molecule has 7 heteroatoms. The number of quaternary nitrogens is 1. The Labute approximate surface area is 127 Å². The molecule has 0 spiro atoms. The molecule has 2 aromatic rings. The van der Waals surface area contributed by atoms with Crippen molar-refractivity contribution in [3.63, 3.8) is 0 Å². The number of hydrogen-bond donors (Lipinski definition) is 1. The van der Waals surface area contributed by atoms with Gasteiger partial charge < -0.3 is 9.64 Å². The van der Waals surface area contributed by atoms with E-state index in [-0.39, 0.29) is 0 Å². The van der Waals surface area contributed by atoms with Crippen molar-refractivity contribution >= 4 is 23.6 Å². The van der Waals surface area contributed by atoms with Crippen molar-refractivity contribution in [1.29, 1.82) is 0 Å². The van der Waals surface area contributed by atoms with Gasteiger partial charge in [-0.15, -0.1) is 16.4 Å². The second-order valence-corrected chi connectivity index (χ2v) is 6.16. The van der Waals surface area contributed by atoms with Crippen LogP contribution < -0.4 is 4.90 Å². The minimum absolute atomic E-state index is 0.815. The van der Waals surface area contributed by atoms with Crippen LogP contribution in [0.3, 0.4) is 0 Å². The topological polar surface area (TPSA) is 36.4 Å². The Morgan fingerprint density at radius 1 is 1.45 bits per heavy atom. The fraction of sp³-hybridized carbons (Fsp3) is 0.538. The lowest BCUT2D eigenvalue weighted by Gasteiger charge is -2.23. The van der Waals surface area contributed by atoms with Crippen LogP contribution in [0.1, 0.15) is 6.92 Å². The SMILES string of the molecule is CCn1c(-c2cccs2)nn(C[NH+]2CCOCC2)c1=S. The average molecular weight is 311 g/mol. The highest BCUT2D eigenvalue weighted by atomic mass is 32.1. The second kappa shape index (κ2) is 6.17. The highest BCUT2D eigenvalue weighted by molar-refractivity contribution is 7.71. The summed E-state index contributed by atoms with van der Waals surface area (Å²) in [5, 5.41) is 6.82. The van der Waals surface area contributed by atoms with E-state index in [1.165, 1.54) is 9.78 Å². The number of thiophene rings is 1. The predicted molar refractivity (Wildman–Crippen MR) is 81.6 cm³/mol. The van der Waals surface area contributed by atoms with Crippen LogP contribution >= 0.6 is 23.6 Å². The first-order valence-corrected chi connectivity index (χ1v) is 8.21. The fourth-order valence-corrected chi connectivity index (χ4v) is 3.49. The Kier molecular flexibility index (Phi) is 4.30. The quantitative estimate of drug-likeness (QED) is 0.857. The molecule has 0 aliphatic carbocycles. The Morgan fingerprint density at radius 2 is 2.25 bits per heavy atom. The van der Waals surface area contributed by atoms with Crippen LogP contribution in [-0.2, 0) is 18.0 Å². The zero-order valence-corrected chi connectivity index (χ0v) is 13.2. The molecule has 1 fully saturated rings. The van der Waals surface area contributed by atoms with Gasteiger partial charge in [0.2, 0.25) is 4.77 Å². The standard InChI is InChI=1S/C13H18N4OS2/c1-2-16-12(11-4-3-9-20-11)14-17(13(16)19)10-15-5-7-18-8-6-15/h3-4,9H,2,5-8,10H2,1H3/p+1. The summed E-state index contributed by atoms with van der Waals surface area (Å²) in [7, 11) is 0. The molecule has 3 heterocycles. The molecule has 108 valence electrons. The van der Waals surface area contributed by atoms with E-state index in [0.717, 1.165) is 50.1 Å². The maximum atomic E-state index is 5.58. The molecule has 1 saturated heterocycles. The van der Waals surface area contributed by atoms with Crippen molar-refractivity contribution in [2.75, 3.05) is 26.3 Å². The lowest BCUT2D eigenvalue weighted by atomic mass is 10.4. The molecular formula is C13H19N4OS2+. The monoisotopic (exact) mass is 311 g/mol. The molecule has 0 atom stereocenters. The van der Waals surface area contributed by atoms with Crippen LogP contribution in [0.4, 0.5) is 0 Å². The molecule has 2 aromatic heterocycles. The van der Waals surface area contributed by atoms with Gasteiger partial charge in [-0.3, -0.25) is 4.57 Å². The number of aromatic nitrogens is 3. The molecule has 0 aromatic carbocycles. The van der Waals surface area contributed by atoms with E-state index in [1.54, 1.807) is 11.3 Å². The second-order valence-electron chi connectivity index (χ2n) is 4.85. The van der Waals surface area contributed by atoms with Crippen LogP contribution in [-0.4, -0.2) is 40.7 Å². The molecule has 1 aliphatic rings. The maximum absolute atomic E-state index is 5.58. The molecule has 1 N–H and O–H groups in total. The van der Waals surface area contributed by atoms with Crippen molar-refractivity contribution in [3.8, 4) is 10.7 Å². The van der Waals surface area contributed by atoms with Crippen molar-refractivity contribution in [2.45, 2.75) is 20.1 Å². The van der Waals surface area contributed by atoms with Crippen LogP contribution in [0.5, 0.6) is 0 Å². The van der Waals surface area contributed by atoms with E-state index in [9.17, 15) is 0 Å². The van der Waals surface area contributed by atoms with E-state index < -0.39 is 0 Å². The van der Waals surface area contributed by atoms with Gasteiger partial charge in [-0.2, -0.15) is 4.68 Å². The smallest absolute Gasteiger partial charge is 0.203 e. The molecule has 0 amide bonds. The van der Waals surface area contributed by atoms with Gasteiger partial charge in [-0.05, 0) is 30.6 Å². The molecule has 0 radical (unpaired) electrons. The number of nitrogens with zero attached hydrogens (tertiary/aromatic N) is 3. The summed E-state index contributed by atoms with van der Waals surface area (Å²) in [5.74, 6) is 0.986. The normalized spacial score (nSPS) is 16.6. The lowest BCUT2D eigenvalue weighted by molar-refractivity contribution is -0.930. The van der Waals surface area contributed by atoms with Crippen LogP contribution in [0.15, 0.2) is 17.5 Å². The molecule has 3 rings (SSSR count).